The number of nitrogens with zero attached hydrogens (tertiary/aromatic N) is 4. The summed E-state index contributed by atoms with van der Waals surface area (Å²) in [6.07, 6.45) is 3.42. The molecule has 166 valence electrons. The number of carbonyl (C=O) groups excluding carboxylic acids is 1. The fourth-order valence-corrected chi connectivity index (χ4v) is 4.90. The average molecular weight is 433 g/mol. The number of benzene rings is 2. The van der Waals surface area contributed by atoms with Crippen molar-refractivity contribution in [3.8, 4) is 5.75 Å². The smallest absolute Gasteiger partial charge is 0.346 e. The minimum atomic E-state index is -0.464. The van der Waals surface area contributed by atoms with Crippen LogP contribution in [-0.4, -0.2) is 38.8 Å². The lowest BCUT2D eigenvalue weighted by molar-refractivity contribution is -0.135. The first kappa shape index (κ1) is 20.5. The zero-order chi connectivity index (χ0) is 22.3. The van der Waals surface area contributed by atoms with Gasteiger partial charge in [0.2, 0.25) is 5.91 Å². The van der Waals surface area contributed by atoms with Crippen molar-refractivity contribution < 1.29 is 9.53 Å². The van der Waals surface area contributed by atoms with Crippen LogP contribution in [0.3, 0.4) is 0 Å². The summed E-state index contributed by atoms with van der Waals surface area (Å²) in [6.45, 7) is 1.14. The zero-order valence-electron chi connectivity index (χ0n) is 18.5. The molecule has 1 saturated heterocycles. The second-order valence-electron chi connectivity index (χ2n) is 8.80. The van der Waals surface area contributed by atoms with Crippen LogP contribution in [0.25, 0.3) is 0 Å². The number of likely N-dealkylation sites (tertiary alicyclic amines) is 1. The fraction of sp³-hybridized carbons (Fsp3) is 0.400. The van der Waals surface area contributed by atoms with Crippen LogP contribution in [0.2, 0.25) is 0 Å². The first-order chi connectivity index (χ1) is 15.5. The Morgan fingerprint density at radius 2 is 1.84 bits per heavy atom. The molecule has 1 aliphatic heterocycles. The minimum Gasteiger partial charge on any atom is -0.497 e. The highest BCUT2D eigenvalue weighted by Gasteiger charge is 2.55. The predicted molar refractivity (Wildman–Crippen MR) is 121 cm³/mol. The van der Waals surface area contributed by atoms with Gasteiger partial charge in [-0.2, -0.15) is 5.10 Å². The average Bonchev–Trinajstić information content (AvgIpc) is 3.42. The Kier molecular flexibility index (Phi) is 5.12. The summed E-state index contributed by atoms with van der Waals surface area (Å²) in [4.78, 5) is 28.6. The van der Waals surface area contributed by atoms with Gasteiger partial charge in [0.05, 0.1) is 25.1 Å². The zero-order valence-corrected chi connectivity index (χ0v) is 18.5. The van der Waals surface area contributed by atoms with E-state index in [2.05, 4.69) is 5.10 Å². The lowest BCUT2D eigenvalue weighted by Gasteiger charge is -2.29. The maximum Gasteiger partial charge on any atom is 0.346 e. The van der Waals surface area contributed by atoms with E-state index in [0.717, 1.165) is 42.6 Å². The molecule has 0 radical (unpaired) electrons. The molecule has 0 bridgehead atoms. The summed E-state index contributed by atoms with van der Waals surface area (Å²) < 4.78 is 8.38. The Labute approximate surface area is 187 Å². The van der Waals surface area contributed by atoms with E-state index in [-0.39, 0.29) is 17.6 Å². The Morgan fingerprint density at radius 3 is 2.50 bits per heavy atom. The number of hydrogen-bond acceptors (Lipinski definition) is 4. The Hall–Kier alpha value is -3.35. The lowest BCUT2D eigenvalue weighted by atomic mass is 9.93. The van der Waals surface area contributed by atoms with Crippen LogP contribution >= 0.6 is 0 Å². The Bertz CT molecular complexity index is 1180. The molecule has 1 aromatic heterocycles. The highest BCUT2D eigenvalue weighted by atomic mass is 16.5. The summed E-state index contributed by atoms with van der Waals surface area (Å²) in [5, 5.41) is 4.58. The maximum atomic E-state index is 13.8. The molecule has 2 aromatic carbocycles. The van der Waals surface area contributed by atoms with Gasteiger partial charge in [-0.25, -0.2) is 9.48 Å². The number of rotatable bonds is 6. The summed E-state index contributed by atoms with van der Waals surface area (Å²) >= 11 is 0. The number of ether oxygens (including phenoxy) is 1. The van der Waals surface area contributed by atoms with Gasteiger partial charge in [0, 0.05) is 13.6 Å². The summed E-state index contributed by atoms with van der Waals surface area (Å²) in [5.74, 6) is 1.61. The summed E-state index contributed by atoms with van der Waals surface area (Å²) in [5.41, 5.74) is 1.46. The molecule has 1 aliphatic carbocycles. The van der Waals surface area contributed by atoms with E-state index in [1.165, 1.54) is 4.68 Å². The molecule has 1 amide bonds. The number of aromatic nitrogens is 3. The third kappa shape index (κ3) is 3.42. The van der Waals surface area contributed by atoms with Gasteiger partial charge in [-0.3, -0.25) is 9.36 Å². The number of amides is 1. The van der Waals surface area contributed by atoms with E-state index in [1.54, 1.807) is 18.7 Å². The maximum absolute atomic E-state index is 13.8. The molecule has 7 nitrogen and oxygen atoms in total. The van der Waals surface area contributed by atoms with Gasteiger partial charge in [-0.05, 0) is 48.9 Å². The fourth-order valence-electron chi connectivity index (χ4n) is 4.90. The topological polar surface area (TPSA) is 69.4 Å². The van der Waals surface area contributed by atoms with Gasteiger partial charge in [0.1, 0.15) is 5.75 Å². The first-order valence-corrected chi connectivity index (χ1v) is 11.2. The van der Waals surface area contributed by atoms with E-state index in [4.69, 9.17) is 4.74 Å². The molecular formula is C25H28N4O3. The standard InChI is InChI=1S/C25H28N4O3/c1-27-24(31)29(17-18-7-4-3-5-8-18)22(26-27)21-9-6-16-28(21)23(30)25(14-15-25)19-10-12-20(32-2)13-11-19/h3-5,7-8,10-13,21H,6,9,14-17H2,1-2H3. The number of aryl methyl sites for hydroxylation is 1. The third-order valence-corrected chi connectivity index (χ3v) is 6.83. The molecule has 0 spiro atoms. The van der Waals surface area contributed by atoms with Gasteiger partial charge < -0.3 is 9.64 Å². The Balaban J connectivity index is 1.46. The van der Waals surface area contributed by atoms with Crippen molar-refractivity contribution in [2.45, 2.75) is 43.7 Å². The molecule has 2 aliphatic rings. The molecule has 32 heavy (non-hydrogen) atoms. The number of hydrogen-bond donors (Lipinski definition) is 0. The van der Waals surface area contributed by atoms with Gasteiger partial charge in [-0.15, -0.1) is 0 Å². The molecule has 7 heteroatoms. The van der Waals surface area contributed by atoms with Crippen LogP contribution < -0.4 is 10.4 Å². The second kappa shape index (κ2) is 7.97. The monoisotopic (exact) mass is 432 g/mol. The van der Waals surface area contributed by atoms with Crippen LogP contribution in [0.5, 0.6) is 5.75 Å². The van der Waals surface area contributed by atoms with Crippen molar-refractivity contribution in [2.75, 3.05) is 13.7 Å². The largest absolute Gasteiger partial charge is 0.497 e. The van der Waals surface area contributed by atoms with Crippen molar-refractivity contribution in [2.24, 2.45) is 7.05 Å². The predicted octanol–water partition coefficient (Wildman–Crippen LogP) is 3.03. The quantitative estimate of drug-likeness (QED) is 0.600. The van der Waals surface area contributed by atoms with E-state index >= 15 is 0 Å². The molecule has 0 N–H and O–H groups in total. The molecular weight excluding hydrogens is 404 g/mol. The minimum absolute atomic E-state index is 0.148. The summed E-state index contributed by atoms with van der Waals surface area (Å²) in [7, 11) is 3.32. The number of carbonyl (C=O) groups is 1. The Morgan fingerprint density at radius 1 is 1.12 bits per heavy atom. The summed E-state index contributed by atoms with van der Waals surface area (Å²) in [6, 6.07) is 17.6. The van der Waals surface area contributed by atoms with Crippen LogP contribution in [-0.2, 0) is 23.8 Å². The van der Waals surface area contributed by atoms with E-state index in [1.807, 2.05) is 59.5 Å². The highest BCUT2D eigenvalue weighted by Crippen LogP contribution is 2.51. The van der Waals surface area contributed by atoms with Gasteiger partial charge in [0.15, 0.2) is 5.82 Å². The van der Waals surface area contributed by atoms with Crippen molar-refractivity contribution in [3.05, 3.63) is 82.0 Å². The van der Waals surface area contributed by atoms with Crippen LogP contribution in [0.1, 0.15) is 48.7 Å². The third-order valence-electron chi connectivity index (χ3n) is 6.83. The highest BCUT2D eigenvalue weighted by molar-refractivity contribution is 5.91. The number of methoxy groups -OCH3 is 1. The van der Waals surface area contributed by atoms with Crippen molar-refractivity contribution in [3.63, 3.8) is 0 Å². The van der Waals surface area contributed by atoms with Crippen LogP contribution in [0.15, 0.2) is 59.4 Å². The van der Waals surface area contributed by atoms with Gasteiger partial charge in [0.25, 0.3) is 0 Å². The van der Waals surface area contributed by atoms with E-state index in [9.17, 15) is 9.59 Å². The van der Waals surface area contributed by atoms with Crippen molar-refractivity contribution in [1.82, 2.24) is 19.2 Å². The second-order valence-corrected chi connectivity index (χ2v) is 8.80. The lowest BCUT2D eigenvalue weighted by Crippen LogP contribution is -2.40. The first-order valence-electron chi connectivity index (χ1n) is 11.2. The molecule has 1 atom stereocenters. The molecule has 3 aromatic rings. The molecule has 5 rings (SSSR count). The van der Waals surface area contributed by atoms with Crippen molar-refractivity contribution >= 4 is 5.91 Å². The van der Waals surface area contributed by atoms with E-state index < -0.39 is 5.41 Å². The van der Waals surface area contributed by atoms with Crippen LogP contribution in [0.4, 0.5) is 0 Å². The SMILES string of the molecule is COc1ccc(C2(C(=O)N3CCCC3c3nn(C)c(=O)n3Cc3ccccc3)CC2)cc1. The van der Waals surface area contributed by atoms with Crippen LogP contribution in [0, 0.1) is 0 Å². The molecule has 2 fully saturated rings. The van der Waals surface area contributed by atoms with Gasteiger partial charge >= 0.3 is 5.69 Å². The molecule has 2 heterocycles. The van der Waals surface area contributed by atoms with Crippen molar-refractivity contribution in [1.29, 1.82) is 0 Å². The van der Waals surface area contributed by atoms with Gasteiger partial charge in [-0.1, -0.05) is 42.5 Å². The molecule has 1 unspecified atom stereocenters. The normalized spacial score (nSPS) is 19.2. The molecule has 1 saturated carbocycles. The van der Waals surface area contributed by atoms with E-state index in [0.29, 0.717) is 18.9 Å².